The molecule has 0 saturated carbocycles. The molecule has 5 heteroatoms. The number of nitriles is 1. The molecule has 0 aliphatic carbocycles. The molecule has 2 N–H and O–H groups in total. The van der Waals surface area contributed by atoms with E-state index in [0.29, 0.717) is 17.9 Å². The second-order valence-electron chi connectivity index (χ2n) is 3.07. The summed E-state index contributed by atoms with van der Waals surface area (Å²) in [4.78, 5) is 11.9. The van der Waals surface area contributed by atoms with Crippen LogP contribution in [-0.4, -0.2) is 12.6 Å². The fraction of sp³-hybridized carbons (Fsp3) is 0.167. The van der Waals surface area contributed by atoms with Crippen LogP contribution >= 0.6 is 11.8 Å². The van der Waals surface area contributed by atoms with Gasteiger partial charge in [-0.3, -0.25) is 0 Å². The minimum atomic E-state index is -0.412. The van der Waals surface area contributed by atoms with Gasteiger partial charge in [0.05, 0.1) is 6.61 Å². The predicted molar refractivity (Wildman–Crippen MR) is 68.0 cm³/mol. The van der Waals surface area contributed by atoms with E-state index in [1.54, 1.807) is 31.2 Å². The zero-order valence-electron chi connectivity index (χ0n) is 9.34. The maximum atomic E-state index is 11.1. The predicted octanol–water partition coefficient (Wildman–Crippen LogP) is 2.42. The monoisotopic (exact) mass is 248 g/mol. The van der Waals surface area contributed by atoms with Crippen LogP contribution in [0.4, 0.5) is 5.69 Å². The van der Waals surface area contributed by atoms with Gasteiger partial charge in [0.15, 0.2) is 0 Å². The average Bonchev–Trinajstić information content (AvgIpc) is 2.30. The standard InChI is InChI=1S/C12H12N2O2S/c1-2-16-12(15)6-3-9-7-10(17-8-13)4-5-11(9)14/h3-7H,2,14H2,1H3. The molecule has 0 heterocycles. The first kappa shape index (κ1) is 13.1. The van der Waals surface area contributed by atoms with E-state index in [-0.39, 0.29) is 0 Å². The van der Waals surface area contributed by atoms with E-state index >= 15 is 0 Å². The van der Waals surface area contributed by atoms with Gasteiger partial charge in [0.2, 0.25) is 0 Å². The Labute approximate surface area is 104 Å². The topological polar surface area (TPSA) is 76.1 Å². The highest BCUT2D eigenvalue weighted by molar-refractivity contribution is 8.03. The van der Waals surface area contributed by atoms with Gasteiger partial charge >= 0.3 is 5.97 Å². The first-order valence-corrected chi connectivity index (χ1v) is 5.79. The Bertz CT molecular complexity index is 478. The molecular formula is C12H12N2O2S. The van der Waals surface area contributed by atoms with E-state index in [4.69, 9.17) is 15.7 Å². The summed E-state index contributed by atoms with van der Waals surface area (Å²) in [5.41, 5.74) is 6.99. The summed E-state index contributed by atoms with van der Waals surface area (Å²) < 4.78 is 4.76. The summed E-state index contributed by atoms with van der Waals surface area (Å²) in [6, 6.07) is 5.20. The van der Waals surface area contributed by atoms with Crippen molar-refractivity contribution in [3.63, 3.8) is 0 Å². The molecule has 0 amide bonds. The van der Waals surface area contributed by atoms with Crippen LogP contribution in [0.15, 0.2) is 29.2 Å². The number of thiocyanates is 1. The molecule has 4 nitrogen and oxygen atoms in total. The number of benzene rings is 1. The largest absolute Gasteiger partial charge is 0.463 e. The van der Waals surface area contributed by atoms with Crippen LogP contribution in [0.3, 0.4) is 0 Å². The van der Waals surface area contributed by atoms with Crippen LogP contribution in [0, 0.1) is 10.7 Å². The van der Waals surface area contributed by atoms with Crippen molar-refractivity contribution in [2.24, 2.45) is 0 Å². The summed E-state index contributed by atoms with van der Waals surface area (Å²) in [7, 11) is 0. The Hall–Kier alpha value is -1.93. The molecule has 0 bridgehead atoms. The third-order valence-electron chi connectivity index (χ3n) is 1.91. The van der Waals surface area contributed by atoms with E-state index in [1.165, 1.54) is 6.08 Å². The average molecular weight is 248 g/mol. The molecule has 0 unspecified atom stereocenters. The Balaban J connectivity index is 2.86. The summed E-state index contributed by atoms with van der Waals surface area (Å²) in [6.45, 7) is 2.08. The molecule has 17 heavy (non-hydrogen) atoms. The van der Waals surface area contributed by atoms with Crippen molar-refractivity contribution in [1.29, 1.82) is 5.26 Å². The first-order valence-electron chi connectivity index (χ1n) is 4.97. The molecule has 0 atom stereocenters. The molecule has 1 aromatic carbocycles. The number of nitrogen functional groups attached to an aromatic ring is 1. The van der Waals surface area contributed by atoms with Crippen molar-refractivity contribution in [3.05, 3.63) is 29.8 Å². The van der Waals surface area contributed by atoms with Crippen LogP contribution in [-0.2, 0) is 9.53 Å². The third-order valence-corrected chi connectivity index (χ3v) is 2.49. The molecule has 1 rings (SSSR count). The molecule has 1 aromatic rings. The summed E-state index contributed by atoms with van der Waals surface area (Å²) >= 11 is 1.04. The third kappa shape index (κ3) is 4.21. The molecule has 0 spiro atoms. The summed E-state index contributed by atoms with van der Waals surface area (Å²) in [5, 5.41) is 10.5. The van der Waals surface area contributed by atoms with E-state index in [9.17, 15) is 4.79 Å². The maximum absolute atomic E-state index is 11.1. The molecule has 0 aliphatic rings. The van der Waals surface area contributed by atoms with Crippen LogP contribution in [0.25, 0.3) is 6.08 Å². The second-order valence-corrected chi connectivity index (χ2v) is 3.93. The molecular weight excluding hydrogens is 236 g/mol. The van der Waals surface area contributed by atoms with Crippen molar-refractivity contribution in [3.8, 4) is 5.40 Å². The first-order chi connectivity index (χ1) is 8.17. The van der Waals surface area contributed by atoms with Gasteiger partial charge in [-0.05, 0) is 48.5 Å². The van der Waals surface area contributed by atoms with Crippen LogP contribution < -0.4 is 5.73 Å². The van der Waals surface area contributed by atoms with E-state index in [0.717, 1.165) is 16.7 Å². The van der Waals surface area contributed by atoms with E-state index in [1.807, 2.05) is 5.40 Å². The number of hydrogen-bond acceptors (Lipinski definition) is 5. The highest BCUT2D eigenvalue weighted by atomic mass is 32.2. The van der Waals surface area contributed by atoms with Crippen LogP contribution in [0.2, 0.25) is 0 Å². The van der Waals surface area contributed by atoms with Gasteiger partial charge in [0, 0.05) is 16.7 Å². The zero-order valence-corrected chi connectivity index (χ0v) is 10.2. The van der Waals surface area contributed by atoms with E-state index < -0.39 is 5.97 Å². The number of rotatable bonds is 4. The lowest BCUT2D eigenvalue weighted by atomic mass is 10.1. The maximum Gasteiger partial charge on any atom is 0.330 e. The molecule has 0 radical (unpaired) electrons. The number of thioether (sulfide) groups is 1. The molecule has 0 aliphatic heterocycles. The van der Waals surface area contributed by atoms with Gasteiger partial charge in [0.25, 0.3) is 0 Å². The molecule has 0 saturated heterocycles. The number of hydrogen-bond donors (Lipinski definition) is 1. The fourth-order valence-corrected chi connectivity index (χ4v) is 1.59. The van der Waals surface area contributed by atoms with Gasteiger partial charge < -0.3 is 10.5 Å². The van der Waals surface area contributed by atoms with Gasteiger partial charge in [-0.25, -0.2) is 4.79 Å². The Morgan fingerprint density at radius 3 is 3.06 bits per heavy atom. The number of ether oxygens (including phenoxy) is 1. The van der Waals surface area contributed by atoms with Crippen molar-refractivity contribution in [2.75, 3.05) is 12.3 Å². The number of anilines is 1. The number of carbonyl (C=O) groups is 1. The lowest BCUT2D eigenvalue weighted by Gasteiger charge is -2.02. The Morgan fingerprint density at radius 2 is 2.41 bits per heavy atom. The number of esters is 1. The Morgan fingerprint density at radius 1 is 1.65 bits per heavy atom. The minimum absolute atomic E-state index is 0.336. The quantitative estimate of drug-likeness (QED) is 0.291. The second kappa shape index (κ2) is 6.61. The Kier molecular flexibility index (Phi) is 5.11. The number of nitrogens with two attached hydrogens (primary N) is 1. The normalized spacial score (nSPS) is 10.1. The molecule has 0 fully saturated rings. The van der Waals surface area contributed by atoms with Crippen LogP contribution in [0.1, 0.15) is 12.5 Å². The molecule has 0 aromatic heterocycles. The summed E-state index contributed by atoms with van der Waals surface area (Å²) in [6.07, 6.45) is 2.89. The van der Waals surface area contributed by atoms with Crippen molar-refractivity contribution < 1.29 is 9.53 Å². The highest BCUT2D eigenvalue weighted by Gasteiger charge is 2.00. The van der Waals surface area contributed by atoms with Crippen molar-refractivity contribution in [2.45, 2.75) is 11.8 Å². The number of carbonyl (C=O) groups excluding carboxylic acids is 1. The van der Waals surface area contributed by atoms with Gasteiger partial charge in [-0.1, -0.05) is 0 Å². The van der Waals surface area contributed by atoms with E-state index in [2.05, 4.69) is 0 Å². The van der Waals surface area contributed by atoms with Crippen molar-refractivity contribution >= 4 is 29.5 Å². The van der Waals surface area contributed by atoms with Crippen LogP contribution in [0.5, 0.6) is 0 Å². The number of nitrogens with zero attached hydrogens (tertiary/aromatic N) is 1. The van der Waals surface area contributed by atoms with Gasteiger partial charge in [-0.15, -0.1) is 0 Å². The lowest BCUT2D eigenvalue weighted by molar-refractivity contribution is -0.137. The summed E-state index contributed by atoms with van der Waals surface area (Å²) in [5.74, 6) is -0.412. The SMILES string of the molecule is CCOC(=O)C=Cc1cc(SC#N)ccc1N. The lowest BCUT2D eigenvalue weighted by Crippen LogP contribution is -1.99. The van der Waals surface area contributed by atoms with Gasteiger partial charge in [-0.2, -0.15) is 5.26 Å². The zero-order chi connectivity index (χ0) is 12.7. The minimum Gasteiger partial charge on any atom is -0.463 e. The van der Waals surface area contributed by atoms with Gasteiger partial charge in [0.1, 0.15) is 5.40 Å². The fourth-order valence-electron chi connectivity index (χ4n) is 1.16. The van der Waals surface area contributed by atoms with Crippen molar-refractivity contribution in [1.82, 2.24) is 0 Å². The smallest absolute Gasteiger partial charge is 0.330 e. The molecule has 88 valence electrons. The highest BCUT2D eigenvalue weighted by Crippen LogP contribution is 2.23.